The van der Waals surface area contributed by atoms with Crippen LogP contribution in [0, 0.1) is 5.92 Å². The first kappa shape index (κ1) is 21.9. The van der Waals surface area contributed by atoms with Crippen molar-refractivity contribution in [3.05, 3.63) is 69.3 Å². The summed E-state index contributed by atoms with van der Waals surface area (Å²) in [6, 6.07) is 8.24. The van der Waals surface area contributed by atoms with Crippen molar-refractivity contribution in [1.29, 1.82) is 0 Å². The van der Waals surface area contributed by atoms with Gasteiger partial charge in [-0.15, -0.1) is 11.3 Å². The third-order valence-electron chi connectivity index (χ3n) is 6.16. The third-order valence-corrected chi connectivity index (χ3v) is 7.32. The van der Waals surface area contributed by atoms with Crippen LogP contribution in [0.25, 0.3) is 15.9 Å². The number of hydrogen-bond donors (Lipinski definition) is 1. The van der Waals surface area contributed by atoms with Crippen LogP contribution in [-0.2, 0) is 25.9 Å². The first-order valence-electron chi connectivity index (χ1n) is 11.4. The zero-order valence-corrected chi connectivity index (χ0v) is 20.1. The Balaban J connectivity index is 1.29. The van der Waals surface area contributed by atoms with Gasteiger partial charge in [-0.25, -0.2) is 9.67 Å². The fourth-order valence-corrected chi connectivity index (χ4v) is 5.82. The van der Waals surface area contributed by atoms with Crippen LogP contribution in [0.15, 0.2) is 47.8 Å². The van der Waals surface area contributed by atoms with Gasteiger partial charge in [0.05, 0.1) is 25.0 Å². The van der Waals surface area contributed by atoms with Gasteiger partial charge < -0.3 is 10.1 Å². The van der Waals surface area contributed by atoms with E-state index >= 15 is 0 Å². The molecule has 8 heteroatoms. The molecule has 0 fully saturated rings. The molecule has 3 aromatic heterocycles. The summed E-state index contributed by atoms with van der Waals surface area (Å²) in [7, 11) is 1.67. The zero-order valence-electron chi connectivity index (χ0n) is 19.2. The van der Waals surface area contributed by atoms with Crippen molar-refractivity contribution < 1.29 is 4.74 Å². The summed E-state index contributed by atoms with van der Waals surface area (Å²) in [4.78, 5) is 19.8. The topological polar surface area (TPSA) is 74.0 Å². The number of rotatable bonds is 7. The number of ether oxygens (including phenoxy) is 1. The lowest BCUT2D eigenvalue weighted by Gasteiger charge is -2.23. The summed E-state index contributed by atoms with van der Waals surface area (Å²) in [5, 5.41) is 9.04. The molecule has 172 valence electrons. The van der Waals surface area contributed by atoms with Gasteiger partial charge in [-0.1, -0.05) is 26.0 Å². The maximum absolute atomic E-state index is 13.1. The van der Waals surface area contributed by atoms with Gasteiger partial charge in [-0.3, -0.25) is 9.36 Å². The summed E-state index contributed by atoms with van der Waals surface area (Å²) in [5.41, 5.74) is 3.38. The predicted molar refractivity (Wildman–Crippen MR) is 131 cm³/mol. The number of nitrogens with one attached hydrogen (secondary N) is 1. The molecular weight excluding hydrogens is 434 g/mol. The molecule has 0 spiro atoms. The Bertz CT molecular complexity index is 1340. The second-order valence-electron chi connectivity index (χ2n) is 9.07. The second-order valence-corrected chi connectivity index (χ2v) is 10.1. The molecule has 1 atom stereocenters. The fraction of sp³-hybridized carbons (Fsp3) is 0.400. The minimum absolute atomic E-state index is 0.112. The molecule has 0 amide bonds. The quantitative estimate of drug-likeness (QED) is 0.449. The first-order valence-corrected chi connectivity index (χ1v) is 12.2. The van der Waals surface area contributed by atoms with E-state index < -0.39 is 0 Å². The highest BCUT2D eigenvalue weighted by Crippen LogP contribution is 2.33. The third kappa shape index (κ3) is 4.32. The van der Waals surface area contributed by atoms with E-state index in [1.54, 1.807) is 29.3 Å². The SMILES string of the molecule is COc1ccccc1-n1cc(CNC2CCc3c(sc4ncn(CC(C)C)c(=O)c34)C2)cn1. The van der Waals surface area contributed by atoms with Gasteiger partial charge >= 0.3 is 0 Å². The Morgan fingerprint density at radius 2 is 2.15 bits per heavy atom. The van der Waals surface area contributed by atoms with Gasteiger partial charge in [-0.05, 0) is 42.9 Å². The molecule has 0 saturated carbocycles. The summed E-state index contributed by atoms with van der Waals surface area (Å²) in [6.45, 7) is 5.70. The number of nitrogens with zero attached hydrogens (tertiary/aromatic N) is 4. The smallest absolute Gasteiger partial charge is 0.262 e. The van der Waals surface area contributed by atoms with Gasteiger partial charge in [0.2, 0.25) is 0 Å². The Morgan fingerprint density at radius 1 is 1.30 bits per heavy atom. The van der Waals surface area contributed by atoms with E-state index in [1.165, 1.54) is 10.4 Å². The van der Waals surface area contributed by atoms with E-state index in [4.69, 9.17) is 4.74 Å². The molecule has 0 saturated heterocycles. The van der Waals surface area contributed by atoms with Crippen molar-refractivity contribution in [1.82, 2.24) is 24.6 Å². The second kappa shape index (κ2) is 9.11. The molecular formula is C25H29N5O2S. The van der Waals surface area contributed by atoms with Gasteiger partial charge in [0, 0.05) is 35.8 Å². The molecule has 1 N–H and O–H groups in total. The number of fused-ring (bicyclic) bond motifs is 3. The molecule has 33 heavy (non-hydrogen) atoms. The number of aryl methyl sites for hydroxylation is 1. The molecule has 7 nitrogen and oxygen atoms in total. The van der Waals surface area contributed by atoms with Crippen LogP contribution in [0.2, 0.25) is 0 Å². The maximum atomic E-state index is 13.1. The van der Waals surface area contributed by atoms with Gasteiger partial charge in [-0.2, -0.15) is 5.10 Å². The van der Waals surface area contributed by atoms with Crippen LogP contribution < -0.4 is 15.6 Å². The van der Waals surface area contributed by atoms with Crippen molar-refractivity contribution in [2.24, 2.45) is 5.92 Å². The Morgan fingerprint density at radius 3 is 2.97 bits per heavy atom. The standard InChI is InChI=1S/C25H29N5O2S/c1-16(2)13-29-15-27-24-23(25(29)31)19-9-8-18(10-22(19)33-24)26-11-17-12-28-30(14-17)20-6-4-5-7-21(20)32-3/h4-7,12,14-16,18,26H,8-11,13H2,1-3H3. The highest BCUT2D eigenvalue weighted by molar-refractivity contribution is 7.18. The number of benzene rings is 1. The summed E-state index contributed by atoms with van der Waals surface area (Å²) < 4.78 is 9.08. The lowest BCUT2D eigenvalue weighted by Crippen LogP contribution is -2.33. The number of methoxy groups -OCH3 is 1. The van der Waals surface area contributed by atoms with E-state index in [-0.39, 0.29) is 5.56 Å². The number of aromatic nitrogens is 4. The van der Waals surface area contributed by atoms with Gasteiger partial charge in [0.25, 0.3) is 5.56 Å². The average Bonchev–Trinajstić information content (AvgIpc) is 3.43. The highest BCUT2D eigenvalue weighted by atomic mass is 32.1. The average molecular weight is 464 g/mol. The van der Waals surface area contributed by atoms with Crippen LogP contribution in [0.1, 0.15) is 36.3 Å². The molecule has 3 heterocycles. The molecule has 0 aliphatic heterocycles. The normalized spacial score (nSPS) is 15.8. The largest absolute Gasteiger partial charge is 0.494 e. The Kier molecular flexibility index (Phi) is 6.03. The monoisotopic (exact) mass is 463 g/mol. The van der Waals surface area contributed by atoms with E-state index in [1.807, 2.05) is 41.3 Å². The minimum atomic E-state index is 0.112. The Labute approximate surface area is 197 Å². The molecule has 1 aromatic carbocycles. The van der Waals surface area contributed by atoms with Crippen LogP contribution in [-0.4, -0.2) is 32.5 Å². The van der Waals surface area contributed by atoms with E-state index in [0.29, 0.717) is 18.5 Å². The zero-order chi connectivity index (χ0) is 22.9. The first-order chi connectivity index (χ1) is 16.0. The lowest BCUT2D eigenvalue weighted by molar-refractivity contribution is 0.411. The van der Waals surface area contributed by atoms with Gasteiger partial charge in [0.1, 0.15) is 16.3 Å². The van der Waals surface area contributed by atoms with E-state index in [9.17, 15) is 4.79 Å². The van der Waals surface area contributed by atoms with Gasteiger partial charge in [0.15, 0.2) is 0 Å². The van der Waals surface area contributed by atoms with Crippen LogP contribution in [0.3, 0.4) is 0 Å². The van der Waals surface area contributed by atoms with Crippen molar-refractivity contribution in [2.75, 3.05) is 7.11 Å². The van der Waals surface area contributed by atoms with Crippen molar-refractivity contribution >= 4 is 21.6 Å². The molecule has 0 bridgehead atoms. The molecule has 1 aliphatic rings. The number of thiophene rings is 1. The van der Waals surface area contributed by atoms with Crippen molar-refractivity contribution in [2.45, 2.75) is 52.2 Å². The Hall–Kier alpha value is -2.97. The summed E-state index contributed by atoms with van der Waals surface area (Å²) in [6.07, 6.45) is 8.50. The summed E-state index contributed by atoms with van der Waals surface area (Å²) >= 11 is 1.68. The predicted octanol–water partition coefficient (Wildman–Crippen LogP) is 3.96. The molecule has 5 rings (SSSR count). The fourth-order valence-electron chi connectivity index (χ4n) is 4.56. The van der Waals surface area contributed by atoms with Crippen molar-refractivity contribution in [3.63, 3.8) is 0 Å². The number of hydrogen-bond acceptors (Lipinski definition) is 6. The molecule has 1 aliphatic carbocycles. The maximum Gasteiger partial charge on any atom is 0.262 e. The van der Waals surface area contributed by atoms with Crippen molar-refractivity contribution in [3.8, 4) is 11.4 Å². The molecule has 0 radical (unpaired) electrons. The summed E-state index contributed by atoms with van der Waals surface area (Å²) in [5.74, 6) is 1.21. The van der Waals surface area contributed by atoms with E-state index in [2.05, 4.69) is 29.2 Å². The van der Waals surface area contributed by atoms with Crippen LogP contribution in [0.5, 0.6) is 5.75 Å². The number of para-hydroxylation sites is 2. The highest BCUT2D eigenvalue weighted by Gasteiger charge is 2.25. The minimum Gasteiger partial charge on any atom is -0.494 e. The van der Waals surface area contributed by atoms with Crippen LogP contribution >= 0.6 is 11.3 Å². The van der Waals surface area contributed by atoms with E-state index in [0.717, 1.165) is 53.0 Å². The van der Waals surface area contributed by atoms with Crippen LogP contribution in [0.4, 0.5) is 0 Å². The molecule has 4 aromatic rings. The lowest BCUT2D eigenvalue weighted by atomic mass is 9.93. The molecule has 1 unspecified atom stereocenters.